The van der Waals surface area contributed by atoms with Gasteiger partial charge in [-0.05, 0) is 65.9 Å². The van der Waals surface area contributed by atoms with E-state index in [1.165, 1.54) is 5.56 Å². The number of carbonyl (C=O) groups is 2. The van der Waals surface area contributed by atoms with Gasteiger partial charge in [-0.2, -0.15) is 0 Å². The quantitative estimate of drug-likeness (QED) is 0.317. The maximum absolute atomic E-state index is 12.2. The Balaban J connectivity index is 1.25. The van der Waals surface area contributed by atoms with E-state index in [2.05, 4.69) is 43.2 Å². The third-order valence-electron chi connectivity index (χ3n) is 6.08. The van der Waals surface area contributed by atoms with Crippen LogP contribution in [0.5, 0.6) is 11.5 Å². The van der Waals surface area contributed by atoms with E-state index in [1.807, 2.05) is 36.4 Å². The van der Waals surface area contributed by atoms with Crippen molar-refractivity contribution in [2.75, 3.05) is 11.9 Å². The van der Waals surface area contributed by atoms with Crippen molar-refractivity contribution in [1.29, 1.82) is 0 Å². The number of ether oxygens (including phenoxy) is 2. The lowest BCUT2D eigenvalue weighted by molar-refractivity contribution is -0.147. The van der Waals surface area contributed by atoms with Crippen LogP contribution in [0.25, 0.3) is 11.0 Å². The molecule has 1 N–H and O–H groups in total. The van der Waals surface area contributed by atoms with Crippen LogP contribution in [0.4, 0.5) is 5.69 Å². The van der Waals surface area contributed by atoms with Gasteiger partial charge in [0.15, 0.2) is 6.61 Å². The first-order valence-electron chi connectivity index (χ1n) is 11.6. The molecule has 0 bridgehead atoms. The van der Waals surface area contributed by atoms with Gasteiger partial charge in [-0.3, -0.25) is 9.59 Å². The van der Waals surface area contributed by atoms with Crippen LogP contribution >= 0.6 is 0 Å². The van der Waals surface area contributed by atoms with Gasteiger partial charge in [-0.15, -0.1) is 0 Å². The fraction of sp³-hybridized carbons (Fsp3) is 0.250. The fourth-order valence-electron chi connectivity index (χ4n) is 3.58. The van der Waals surface area contributed by atoms with Gasteiger partial charge >= 0.3 is 5.97 Å². The van der Waals surface area contributed by atoms with Gasteiger partial charge in [-0.1, -0.05) is 45.0 Å². The number of aromatic nitrogens is 2. The predicted molar refractivity (Wildman–Crippen MR) is 136 cm³/mol. The molecule has 0 saturated carbocycles. The average molecular weight is 472 g/mol. The van der Waals surface area contributed by atoms with Crippen LogP contribution in [-0.4, -0.2) is 28.0 Å². The summed E-state index contributed by atoms with van der Waals surface area (Å²) in [6, 6.07) is 22.6. The van der Waals surface area contributed by atoms with E-state index < -0.39 is 11.9 Å². The highest BCUT2D eigenvalue weighted by atomic mass is 16.5. The Morgan fingerprint density at radius 2 is 1.60 bits per heavy atom. The SMILES string of the molecule is CCC(C)(C)c1ccc(Oc2ccc(NC(=O)COC(=O)Cn3cnc4ccccc43)cc2)cc1. The van der Waals surface area contributed by atoms with Gasteiger partial charge in [0.1, 0.15) is 18.0 Å². The molecule has 35 heavy (non-hydrogen) atoms. The maximum atomic E-state index is 12.2. The number of hydrogen-bond acceptors (Lipinski definition) is 5. The Bertz CT molecular complexity index is 1310. The summed E-state index contributed by atoms with van der Waals surface area (Å²) in [7, 11) is 0. The summed E-state index contributed by atoms with van der Waals surface area (Å²) in [5, 5.41) is 2.72. The minimum atomic E-state index is -0.514. The van der Waals surface area contributed by atoms with Crippen molar-refractivity contribution in [3.8, 4) is 11.5 Å². The molecule has 0 atom stereocenters. The van der Waals surface area contributed by atoms with Crippen LogP contribution in [0.3, 0.4) is 0 Å². The Labute approximate surface area is 204 Å². The highest BCUT2D eigenvalue weighted by Crippen LogP contribution is 2.30. The Morgan fingerprint density at radius 3 is 2.29 bits per heavy atom. The van der Waals surface area contributed by atoms with Crippen molar-refractivity contribution in [2.24, 2.45) is 0 Å². The molecule has 0 spiro atoms. The monoisotopic (exact) mass is 471 g/mol. The van der Waals surface area contributed by atoms with E-state index in [-0.39, 0.29) is 18.6 Å². The van der Waals surface area contributed by atoms with E-state index in [9.17, 15) is 9.59 Å². The van der Waals surface area contributed by atoms with Crippen molar-refractivity contribution < 1.29 is 19.1 Å². The highest BCUT2D eigenvalue weighted by Gasteiger charge is 2.17. The van der Waals surface area contributed by atoms with Gasteiger partial charge in [0.25, 0.3) is 5.91 Å². The van der Waals surface area contributed by atoms with Crippen molar-refractivity contribution in [3.05, 3.63) is 84.7 Å². The van der Waals surface area contributed by atoms with E-state index in [0.29, 0.717) is 11.4 Å². The predicted octanol–water partition coefficient (Wildman–Crippen LogP) is 5.70. The van der Waals surface area contributed by atoms with Gasteiger partial charge < -0.3 is 19.4 Å². The number of hydrogen-bond donors (Lipinski definition) is 1. The van der Waals surface area contributed by atoms with Gasteiger partial charge in [0.2, 0.25) is 0 Å². The molecule has 0 saturated heterocycles. The molecule has 180 valence electrons. The lowest BCUT2D eigenvalue weighted by atomic mass is 9.82. The number of para-hydroxylation sites is 2. The van der Waals surface area contributed by atoms with Crippen LogP contribution in [0, 0.1) is 0 Å². The minimum Gasteiger partial charge on any atom is -0.457 e. The summed E-state index contributed by atoms with van der Waals surface area (Å²) in [5.41, 5.74) is 3.60. The summed E-state index contributed by atoms with van der Waals surface area (Å²) < 4.78 is 12.7. The van der Waals surface area contributed by atoms with Gasteiger partial charge in [-0.25, -0.2) is 4.98 Å². The first kappa shape index (κ1) is 24.0. The summed E-state index contributed by atoms with van der Waals surface area (Å²) in [4.78, 5) is 28.6. The number of rotatable bonds is 9. The molecule has 1 amide bonds. The van der Waals surface area contributed by atoms with Crippen LogP contribution in [-0.2, 0) is 26.3 Å². The zero-order valence-electron chi connectivity index (χ0n) is 20.2. The molecule has 1 heterocycles. The molecular formula is C28H29N3O4. The normalized spacial score (nSPS) is 11.3. The van der Waals surface area contributed by atoms with Crippen molar-refractivity contribution in [2.45, 2.75) is 39.2 Å². The first-order valence-corrected chi connectivity index (χ1v) is 11.6. The number of imidazole rings is 1. The smallest absolute Gasteiger partial charge is 0.326 e. The summed E-state index contributed by atoms with van der Waals surface area (Å²) >= 11 is 0. The average Bonchev–Trinajstić information content (AvgIpc) is 3.27. The number of fused-ring (bicyclic) bond motifs is 1. The Hall–Kier alpha value is -4.13. The van der Waals surface area contributed by atoms with E-state index in [0.717, 1.165) is 23.2 Å². The van der Waals surface area contributed by atoms with Crippen LogP contribution in [0.1, 0.15) is 32.8 Å². The molecule has 0 aliphatic carbocycles. The number of anilines is 1. The molecule has 7 nitrogen and oxygen atoms in total. The zero-order chi connectivity index (χ0) is 24.8. The second-order valence-electron chi connectivity index (χ2n) is 8.96. The largest absolute Gasteiger partial charge is 0.457 e. The number of amides is 1. The van der Waals surface area contributed by atoms with E-state index in [4.69, 9.17) is 9.47 Å². The van der Waals surface area contributed by atoms with Crippen LogP contribution in [0.2, 0.25) is 0 Å². The summed E-state index contributed by atoms with van der Waals surface area (Å²) in [6.45, 7) is 6.23. The molecule has 4 aromatic rings. The van der Waals surface area contributed by atoms with E-state index >= 15 is 0 Å². The summed E-state index contributed by atoms with van der Waals surface area (Å²) in [6.07, 6.45) is 2.64. The molecule has 0 radical (unpaired) electrons. The number of nitrogens with zero attached hydrogens (tertiary/aromatic N) is 2. The molecule has 4 rings (SSSR count). The minimum absolute atomic E-state index is 0.0171. The molecule has 7 heteroatoms. The number of benzene rings is 3. The van der Waals surface area contributed by atoms with Crippen molar-refractivity contribution in [1.82, 2.24) is 9.55 Å². The molecular weight excluding hydrogens is 442 g/mol. The van der Waals surface area contributed by atoms with E-state index in [1.54, 1.807) is 35.2 Å². The second-order valence-corrected chi connectivity index (χ2v) is 8.96. The van der Waals surface area contributed by atoms with Gasteiger partial charge in [0.05, 0.1) is 17.4 Å². The van der Waals surface area contributed by atoms with Gasteiger partial charge in [0, 0.05) is 5.69 Å². The molecule has 3 aromatic carbocycles. The molecule has 0 aliphatic rings. The third-order valence-corrected chi connectivity index (χ3v) is 6.08. The lowest BCUT2D eigenvalue weighted by Crippen LogP contribution is -2.22. The Kier molecular flexibility index (Phi) is 7.15. The third kappa shape index (κ3) is 6.06. The highest BCUT2D eigenvalue weighted by molar-refractivity contribution is 5.92. The van der Waals surface area contributed by atoms with Crippen molar-refractivity contribution in [3.63, 3.8) is 0 Å². The summed E-state index contributed by atoms with van der Waals surface area (Å²) in [5.74, 6) is 0.469. The van der Waals surface area contributed by atoms with Crippen LogP contribution < -0.4 is 10.1 Å². The van der Waals surface area contributed by atoms with Crippen LogP contribution in [0.15, 0.2) is 79.1 Å². The number of carbonyl (C=O) groups excluding carboxylic acids is 2. The topological polar surface area (TPSA) is 82.5 Å². The molecule has 0 fully saturated rings. The lowest BCUT2D eigenvalue weighted by Gasteiger charge is -2.23. The molecule has 0 aliphatic heterocycles. The first-order chi connectivity index (χ1) is 16.8. The number of esters is 1. The molecule has 1 aromatic heterocycles. The Morgan fingerprint density at radius 1 is 0.943 bits per heavy atom. The zero-order valence-corrected chi connectivity index (χ0v) is 20.2. The fourth-order valence-corrected chi connectivity index (χ4v) is 3.58. The van der Waals surface area contributed by atoms with Crippen molar-refractivity contribution >= 4 is 28.6 Å². The molecule has 0 unspecified atom stereocenters. The second kappa shape index (κ2) is 10.4. The number of nitrogens with one attached hydrogen (secondary N) is 1. The standard InChI is InChI=1S/C28H29N3O4/c1-4-28(2,3)20-9-13-22(14-10-20)35-23-15-11-21(12-16-23)30-26(32)18-34-27(33)17-31-19-29-24-7-5-6-8-25(24)31/h5-16,19H,4,17-18H2,1-3H3,(H,30,32). The maximum Gasteiger partial charge on any atom is 0.326 e.